The van der Waals surface area contributed by atoms with Gasteiger partial charge in [-0.2, -0.15) is 5.26 Å². The van der Waals surface area contributed by atoms with Crippen LogP contribution in [0.4, 0.5) is 0 Å². The van der Waals surface area contributed by atoms with Crippen LogP contribution in [0.3, 0.4) is 0 Å². The summed E-state index contributed by atoms with van der Waals surface area (Å²) in [5, 5.41) is 27.4. The zero-order valence-electron chi connectivity index (χ0n) is 10.9. The Labute approximate surface area is 116 Å². The maximum Gasteiger partial charge on any atom is 0.335 e. The predicted molar refractivity (Wildman–Crippen MR) is 74.2 cm³/mol. The van der Waals surface area contributed by atoms with Crippen molar-refractivity contribution < 1.29 is 15.0 Å². The van der Waals surface area contributed by atoms with E-state index in [2.05, 4.69) is 6.07 Å². The van der Waals surface area contributed by atoms with E-state index in [0.717, 1.165) is 11.1 Å². The molecule has 0 spiro atoms. The summed E-state index contributed by atoms with van der Waals surface area (Å²) in [7, 11) is 0. The molecule has 0 saturated carbocycles. The van der Waals surface area contributed by atoms with Crippen molar-refractivity contribution in [2.45, 2.75) is 13.5 Å². The standard InChI is InChI=1S/C16H13NO3/c1-10-14(9-18)6-13(16(19)20)7-15(10)12-4-2-3-11(5-12)8-17/h2-7,18H,9H2,1H3,(H,19,20). The van der Waals surface area contributed by atoms with Gasteiger partial charge in [-0.1, -0.05) is 12.1 Å². The summed E-state index contributed by atoms with van der Waals surface area (Å²) in [6, 6.07) is 12.0. The highest BCUT2D eigenvalue weighted by atomic mass is 16.4. The van der Waals surface area contributed by atoms with Gasteiger partial charge in [0.15, 0.2) is 0 Å². The summed E-state index contributed by atoms with van der Waals surface area (Å²) < 4.78 is 0. The van der Waals surface area contributed by atoms with E-state index in [1.54, 1.807) is 24.3 Å². The molecule has 2 aromatic rings. The molecule has 4 heteroatoms. The van der Waals surface area contributed by atoms with E-state index < -0.39 is 5.97 Å². The molecule has 4 nitrogen and oxygen atoms in total. The van der Waals surface area contributed by atoms with Crippen LogP contribution in [0.1, 0.15) is 27.0 Å². The Hall–Kier alpha value is -2.64. The molecule has 2 rings (SSSR count). The van der Waals surface area contributed by atoms with Crippen LogP contribution in [-0.2, 0) is 6.61 Å². The third-order valence-corrected chi connectivity index (χ3v) is 3.24. The van der Waals surface area contributed by atoms with Gasteiger partial charge in [-0.15, -0.1) is 0 Å². The topological polar surface area (TPSA) is 81.3 Å². The molecule has 0 heterocycles. The third kappa shape index (κ3) is 2.53. The second-order valence-electron chi connectivity index (χ2n) is 4.46. The molecule has 100 valence electrons. The summed E-state index contributed by atoms with van der Waals surface area (Å²) in [5.74, 6) is -1.04. The molecule has 0 unspecified atom stereocenters. The van der Waals surface area contributed by atoms with Gasteiger partial charge in [-0.05, 0) is 53.4 Å². The highest BCUT2D eigenvalue weighted by Crippen LogP contribution is 2.28. The molecular weight excluding hydrogens is 254 g/mol. The van der Waals surface area contributed by atoms with Gasteiger partial charge >= 0.3 is 5.97 Å². The van der Waals surface area contributed by atoms with Crippen LogP contribution in [0.15, 0.2) is 36.4 Å². The number of benzene rings is 2. The first-order valence-electron chi connectivity index (χ1n) is 6.05. The zero-order chi connectivity index (χ0) is 14.7. The van der Waals surface area contributed by atoms with Crippen molar-refractivity contribution in [2.75, 3.05) is 0 Å². The first-order chi connectivity index (χ1) is 9.56. The highest BCUT2D eigenvalue weighted by molar-refractivity contribution is 5.90. The van der Waals surface area contributed by atoms with E-state index in [0.29, 0.717) is 16.7 Å². The second kappa shape index (κ2) is 5.55. The number of carboxylic acids is 1. The average Bonchev–Trinajstić information content (AvgIpc) is 2.47. The van der Waals surface area contributed by atoms with Crippen LogP contribution < -0.4 is 0 Å². The number of aromatic carboxylic acids is 1. The van der Waals surface area contributed by atoms with Crippen LogP contribution in [0.2, 0.25) is 0 Å². The number of nitriles is 1. The number of aliphatic hydroxyl groups excluding tert-OH is 1. The van der Waals surface area contributed by atoms with Gasteiger partial charge in [0.2, 0.25) is 0 Å². The fraction of sp³-hybridized carbons (Fsp3) is 0.125. The summed E-state index contributed by atoms with van der Waals surface area (Å²) in [6.07, 6.45) is 0. The average molecular weight is 267 g/mol. The summed E-state index contributed by atoms with van der Waals surface area (Å²) in [5.41, 5.74) is 3.49. The summed E-state index contributed by atoms with van der Waals surface area (Å²) >= 11 is 0. The van der Waals surface area contributed by atoms with E-state index in [4.69, 9.17) is 10.4 Å². The molecule has 20 heavy (non-hydrogen) atoms. The molecule has 0 fully saturated rings. The molecule has 0 radical (unpaired) electrons. The summed E-state index contributed by atoms with van der Waals surface area (Å²) in [4.78, 5) is 11.2. The maximum atomic E-state index is 11.2. The van der Waals surface area contributed by atoms with E-state index in [1.165, 1.54) is 6.07 Å². The van der Waals surface area contributed by atoms with Crippen LogP contribution in [0.25, 0.3) is 11.1 Å². The van der Waals surface area contributed by atoms with Crippen LogP contribution in [0.5, 0.6) is 0 Å². The predicted octanol–water partition coefficient (Wildman–Crippen LogP) is 2.72. The quantitative estimate of drug-likeness (QED) is 0.895. The normalized spacial score (nSPS) is 10.1. The van der Waals surface area contributed by atoms with Crippen molar-refractivity contribution in [1.29, 1.82) is 5.26 Å². The molecule has 0 bridgehead atoms. The van der Waals surface area contributed by atoms with E-state index in [-0.39, 0.29) is 12.2 Å². The van der Waals surface area contributed by atoms with Gasteiger partial charge < -0.3 is 10.2 Å². The number of carboxylic acid groups (broad SMARTS) is 1. The highest BCUT2D eigenvalue weighted by Gasteiger charge is 2.12. The van der Waals surface area contributed by atoms with Gasteiger partial charge in [0.05, 0.1) is 23.8 Å². The number of carbonyl (C=O) groups is 1. The Balaban J connectivity index is 2.69. The fourth-order valence-corrected chi connectivity index (χ4v) is 2.12. The van der Waals surface area contributed by atoms with Crippen molar-refractivity contribution in [1.82, 2.24) is 0 Å². The van der Waals surface area contributed by atoms with Crippen molar-refractivity contribution in [3.8, 4) is 17.2 Å². The van der Waals surface area contributed by atoms with Crippen molar-refractivity contribution >= 4 is 5.97 Å². The molecule has 2 aromatic carbocycles. The number of aliphatic hydroxyl groups is 1. The molecule has 0 saturated heterocycles. The SMILES string of the molecule is Cc1c(CO)cc(C(=O)O)cc1-c1cccc(C#N)c1. The minimum atomic E-state index is -1.04. The Kier molecular flexibility index (Phi) is 3.83. The lowest BCUT2D eigenvalue weighted by Gasteiger charge is -2.12. The monoisotopic (exact) mass is 267 g/mol. The largest absolute Gasteiger partial charge is 0.478 e. The van der Waals surface area contributed by atoms with Crippen molar-refractivity contribution in [2.24, 2.45) is 0 Å². The molecule has 0 amide bonds. The first kappa shape index (κ1) is 13.8. The lowest BCUT2D eigenvalue weighted by Crippen LogP contribution is -2.02. The van der Waals surface area contributed by atoms with Crippen molar-refractivity contribution in [3.63, 3.8) is 0 Å². The lowest BCUT2D eigenvalue weighted by atomic mass is 9.93. The van der Waals surface area contributed by atoms with Crippen molar-refractivity contribution in [3.05, 3.63) is 58.7 Å². The van der Waals surface area contributed by atoms with Gasteiger partial charge in [0.25, 0.3) is 0 Å². The minimum Gasteiger partial charge on any atom is -0.478 e. The lowest BCUT2D eigenvalue weighted by molar-refractivity contribution is 0.0696. The van der Waals surface area contributed by atoms with Crippen LogP contribution in [0, 0.1) is 18.3 Å². The van der Waals surface area contributed by atoms with E-state index in [9.17, 15) is 9.90 Å². The number of hydrogen-bond donors (Lipinski definition) is 2. The van der Waals surface area contributed by atoms with Gasteiger partial charge in [0.1, 0.15) is 0 Å². The van der Waals surface area contributed by atoms with E-state index >= 15 is 0 Å². The Morgan fingerprint density at radius 2 is 2.05 bits per heavy atom. The minimum absolute atomic E-state index is 0.122. The maximum absolute atomic E-state index is 11.2. The van der Waals surface area contributed by atoms with Gasteiger partial charge in [-0.25, -0.2) is 4.79 Å². The Morgan fingerprint density at radius 3 is 2.65 bits per heavy atom. The Bertz CT molecular complexity index is 714. The van der Waals surface area contributed by atoms with E-state index in [1.807, 2.05) is 13.0 Å². The third-order valence-electron chi connectivity index (χ3n) is 3.24. The van der Waals surface area contributed by atoms with Crippen LogP contribution >= 0.6 is 0 Å². The molecule has 0 aromatic heterocycles. The molecule has 0 aliphatic heterocycles. The molecule has 0 aliphatic carbocycles. The number of rotatable bonds is 3. The molecule has 2 N–H and O–H groups in total. The smallest absolute Gasteiger partial charge is 0.335 e. The fourth-order valence-electron chi connectivity index (χ4n) is 2.12. The summed E-state index contributed by atoms with van der Waals surface area (Å²) in [6.45, 7) is 1.60. The van der Waals surface area contributed by atoms with Gasteiger partial charge in [-0.3, -0.25) is 0 Å². The van der Waals surface area contributed by atoms with Crippen LogP contribution in [-0.4, -0.2) is 16.2 Å². The second-order valence-corrected chi connectivity index (χ2v) is 4.46. The zero-order valence-corrected chi connectivity index (χ0v) is 10.9. The Morgan fingerprint density at radius 1 is 1.30 bits per heavy atom. The first-order valence-corrected chi connectivity index (χ1v) is 6.05. The molecule has 0 atom stereocenters. The molecule has 0 aliphatic rings. The van der Waals surface area contributed by atoms with Gasteiger partial charge in [0, 0.05) is 0 Å². The number of hydrogen-bond acceptors (Lipinski definition) is 3. The number of nitrogens with zero attached hydrogens (tertiary/aromatic N) is 1. The molecular formula is C16H13NO3.